The highest BCUT2D eigenvalue weighted by Gasteiger charge is 2.28. The lowest BCUT2D eigenvalue weighted by Gasteiger charge is -2.36. The molecule has 2 saturated heterocycles. The van der Waals surface area contributed by atoms with Crippen molar-refractivity contribution in [2.45, 2.75) is 70.3 Å². The lowest BCUT2D eigenvalue weighted by atomic mass is 9.95. The molecule has 0 bridgehead atoms. The van der Waals surface area contributed by atoms with Crippen LogP contribution in [0.15, 0.2) is 6.20 Å². The Morgan fingerprint density at radius 1 is 0.962 bits per heavy atom. The summed E-state index contributed by atoms with van der Waals surface area (Å²) in [5, 5.41) is 8.50. The molecule has 3 fully saturated rings. The molecule has 0 unspecified atom stereocenters. The van der Waals surface area contributed by atoms with Gasteiger partial charge in [-0.1, -0.05) is 30.9 Å². The molecule has 1 atom stereocenters. The van der Waals surface area contributed by atoms with Crippen LogP contribution in [0.25, 0.3) is 0 Å². The van der Waals surface area contributed by atoms with Crippen molar-refractivity contribution in [3.8, 4) is 0 Å². The Bertz CT molecular complexity index is 589. The Morgan fingerprint density at radius 3 is 2.54 bits per heavy atom. The average Bonchev–Trinajstić information content (AvgIpc) is 3.19. The van der Waals surface area contributed by atoms with Crippen molar-refractivity contribution in [3.63, 3.8) is 0 Å². The van der Waals surface area contributed by atoms with Crippen molar-refractivity contribution in [1.29, 1.82) is 0 Å². The van der Waals surface area contributed by atoms with Crippen LogP contribution in [0.4, 0.5) is 0 Å². The molecule has 4 rings (SSSR count). The Hall–Kier alpha value is -1.43. The SMILES string of the molecule is O=C(c1cn(C2CCCCC2)nn1)N1CCC[C@H](CN2CCCCC2)C1. The summed E-state index contributed by atoms with van der Waals surface area (Å²) in [5.41, 5.74) is 0.536. The van der Waals surface area contributed by atoms with Gasteiger partial charge in [-0.25, -0.2) is 4.68 Å². The second kappa shape index (κ2) is 8.51. The molecule has 0 aromatic carbocycles. The highest BCUT2D eigenvalue weighted by atomic mass is 16.2. The third-order valence-corrected chi connectivity index (χ3v) is 6.45. The maximum absolute atomic E-state index is 12.9. The molecule has 6 heteroatoms. The van der Waals surface area contributed by atoms with Crippen molar-refractivity contribution in [3.05, 3.63) is 11.9 Å². The van der Waals surface area contributed by atoms with E-state index in [1.54, 1.807) is 0 Å². The third-order valence-electron chi connectivity index (χ3n) is 6.45. The van der Waals surface area contributed by atoms with Gasteiger partial charge in [-0.05, 0) is 57.5 Å². The third kappa shape index (κ3) is 4.27. The molecule has 1 aromatic rings. The van der Waals surface area contributed by atoms with Gasteiger partial charge in [0.05, 0.1) is 12.2 Å². The van der Waals surface area contributed by atoms with E-state index >= 15 is 0 Å². The zero-order valence-corrected chi connectivity index (χ0v) is 16.0. The minimum atomic E-state index is 0.0791. The molecule has 3 aliphatic rings. The second-order valence-corrected chi connectivity index (χ2v) is 8.50. The number of carbonyl (C=O) groups excluding carboxylic acids is 1. The molecule has 144 valence electrons. The molecule has 2 aliphatic heterocycles. The van der Waals surface area contributed by atoms with Gasteiger partial charge in [0.15, 0.2) is 5.69 Å². The minimum absolute atomic E-state index is 0.0791. The molecule has 3 heterocycles. The molecule has 1 saturated carbocycles. The number of rotatable bonds is 4. The fourth-order valence-electron chi connectivity index (χ4n) is 4.97. The molecular weight excluding hydrogens is 326 g/mol. The van der Waals surface area contributed by atoms with Gasteiger partial charge in [0.1, 0.15) is 0 Å². The van der Waals surface area contributed by atoms with Crippen LogP contribution < -0.4 is 0 Å². The van der Waals surface area contributed by atoms with Gasteiger partial charge in [0.25, 0.3) is 5.91 Å². The van der Waals surface area contributed by atoms with Crippen molar-refractivity contribution >= 4 is 5.91 Å². The van der Waals surface area contributed by atoms with Gasteiger partial charge in [-0.3, -0.25) is 4.79 Å². The first-order chi connectivity index (χ1) is 12.8. The molecule has 6 nitrogen and oxygen atoms in total. The van der Waals surface area contributed by atoms with Crippen molar-refractivity contribution in [2.24, 2.45) is 5.92 Å². The summed E-state index contributed by atoms with van der Waals surface area (Å²) in [6.07, 6.45) is 14.5. The number of likely N-dealkylation sites (tertiary alicyclic amines) is 2. The quantitative estimate of drug-likeness (QED) is 0.829. The van der Waals surface area contributed by atoms with E-state index in [9.17, 15) is 4.79 Å². The van der Waals surface area contributed by atoms with Gasteiger partial charge < -0.3 is 9.80 Å². The number of carbonyl (C=O) groups is 1. The van der Waals surface area contributed by atoms with Gasteiger partial charge in [0, 0.05) is 19.6 Å². The van der Waals surface area contributed by atoms with Gasteiger partial charge >= 0.3 is 0 Å². The summed E-state index contributed by atoms with van der Waals surface area (Å²) in [4.78, 5) is 17.5. The van der Waals surface area contributed by atoms with Crippen LogP contribution in [-0.2, 0) is 0 Å². The first-order valence-corrected chi connectivity index (χ1v) is 10.7. The molecule has 1 aliphatic carbocycles. The molecular formula is C20H33N5O. The monoisotopic (exact) mass is 359 g/mol. The van der Waals surface area contributed by atoms with E-state index < -0.39 is 0 Å². The van der Waals surface area contributed by atoms with Gasteiger partial charge in [0.2, 0.25) is 0 Å². The fourth-order valence-corrected chi connectivity index (χ4v) is 4.97. The summed E-state index contributed by atoms with van der Waals surface area (Å²) in [5.74, 6) is 0.689. The van der Waals surface area contributed by atoms with Gasteiger partial charge in [-0.2, -0.15) is 0 Å². The van der Waals surface area contributed by atoms with E-state index in [1.165, 1.54) is 70.9 Å². The molecule has 1 amide bonds. The number of amides is 1. The highest BCUT2D eigenvalue weighted by Crippen LogP contribution is 2.27. The largest absolute Gasteiger partial charge is 0.337 e. The standard InChI is InChI=1S/C20H33N5O/c26-20(19-16-25(22-21-19)18-9-3-1-4-10-18)24-13-7-8-17(15-24)14-23-11-5-2-6-12-23/h16-18H,1-15H2/t17-/m1/s1. The predicted molar refractivity (Wildman–Crippen MR) is 101 cm³/mol. The number of aromatic nitrogens is 3. The van der Waals surface area contributed by atoms with E-state index in [4.69, 9.17) is 0 Å². The summed E-state index contributed by atoms with van der Waals surface area (Å²) >= 11 is 0. The van der Waals surface area contributed by atoms with Crippen LogP contribution in [0, 0.1) is 5.92 Å². The zero-order valence-electron chi connectivity index (χ0n) is 16.0. The summed E-state index contributed by atoms with van der Waals surface area (Å²) < 4.78 is 1.95. The maximum atomic E-state index is 12.9. The first kappa shape index (κ1) is 18.0. The van der Waals surface area contributed by atoms with Crippen LogP contribution in [0.1, 0.15) is 80.7 Å². The highest BCUT2D eigenvalue weighted by molar-refractivity contribution is 5.92. The normalized spacial score (nSPS) is 26.2. The Kier molecular flexibility index (Phi) is 5.88. The summed E-state index contributed by atoms with van der Waals surface area (Å²) in [7, 11) is 0. The smallest absolute Gasteiger partial charge is 0.276 e. The van der Waals surface area contributed by atoms with E-state index in [1.807, 2.05) is 15.8 Å². The van der Waals surface area contributed by atoms with Crippen LogP contribution in [0.3, 0.4) is 0 Å². The van der Waals surface area contributed by atoms with E-state index in [2.05, 4.69) is 15.2 Å². The minimum Gasteiger partial charge on any atom is -0.337 e. The molecule has 0 radical (unpaired) electrons. The van der Waals surface area contributed by atoms with Crippen LogP contribution in [-0.4, -0.2) is 63.4 Å². The van der Waals surface area contributed by atoms with Crippen LogP contribution in [0.5, 0.6) is 0 Å². The molecule has 26 heavy (non-hydrogen) atoms. The first-order valence-electron chi connectivity index (χ1n) is 10.7. The number of piperidine rings is 2. The van der Waals surface area contributed by atoms with E-state index in [0.29, 0.717) is 17.7 Å². The number of hydrogen-bond acceptors (Lipinski definition) is 4. The Balaban J connectivity index is 1.34. The van der Waals surface area contributed by atoms with Crippen molar-refractivity contribution < 1.29 is 4.79 Å². The van der Waals surface area contributed by atoms with Crippen molar-refractivity contribution in [2.75, 3.05) is 32.7 Å². The summed E-state index contributed by atoms with van der Waals surface area (Å²) in [6, 6.07) is 0.436. The average molecular weight is 360 g/mol. The van der Waals surface area contributed by atoms with E-state index in [-0.39, 0.29) is 5.91 Å². The molecule has 0 N–H and O–H groups in total. The fraction of sp³-hybridized carbons (Fsp3) is 0.850. The lowest BCUT2D eigenvalue weighted by molar-refractivity contribution is 0.0625. The molecule has 1 aromatic heterocycles. The van der Waals surface area contributed by atoms with E-state index in [0.717, 1.165) is 26.1 Å². The number of nitrogens with zero attached hydrogens (tertiary/aromatic N) is 5. The number of hydrogen-bond donors (Lipinski definition) is 0. The second-order valence-electron chi connectivity index (χ2n) is 8.50. The summed E-state index contributed by atoms with van der Waals surface area (Å²) in [6.45, 7) is 5.37. The lowest BCUT2D eigenvalue weighted by Crippen LogP contribution is -2.44. The predicted octanol–water partition coefficient (Wildman–Crippen LogP) is 3.12. The van der Waals surface area contributed by atoms with Gasteiger partial charge in [-0.15, -0.1) is 5.10 Å². The Morgan fingerprint density at radius 2 is 1.73 bits per heavy atom. The van der Waals surface area contributed by atoms with Crippen LogP contribution in [0.2, 0.25) is 0 Å². The zero-order chi connectivity index (χ0) is 17.8. The van der Waals surface area contributed by atoms with Crippen LogP contribution >= 0.6 is 0 Å². The Labute approximate surface area is 156 Å². The molecule has 0 spiro atoms. The maximum Gasteiger partial charge on any atom is 0.276 e. The topological polar surface area (TPSA) is 54.3 Å². The van der Waals surface area contributed by atoms with Crippen molar-refractivity contribution in [1.82, 2.24) is 24.8 Å².